The highest BCUT2D eigenvalue weighted by molar-refractivity contribution is 6.06. The lowest BCUT2D eigenvalue weighted by Crippen LogP contribution is -2.44. The van der Waals surface area contributed by atoms with Gasteiger partial charge in [-0.05, 0) is 95.5 Å². The molecule has 2 aromatic heterocycles. The number of ether oxygens (including phenoxy) is 1. The van der Waals surface area contributed by atoms with Crippen molar-refractivity contribution in [3.05, 3.63) is 82.8 Å². The van der Waals surface area contributed by atoms with Crippen LogP contribution < -0.4 is 0 Å². The van der Waals surface area contributed by atoms with Crippen LogP contribution in [0.2, 0.25) is 0 Å². The SMILES string of the molecule is CC(C)(C)OC(=O)n1cc2c(n1)CCC(N(C(=O)c1cccc3c1cnn3Cc1ccc(C(C)(C)F)cc1)C1CC1)C2. The summed E-state index contributed by atoms with van der Waals surface area (Å²) in [4.78, 5) is 28.8. The number of aryl methyl sites for hydroxylation is 1. The molecule has 9 heteroatoms. The van der Waals surface area contributed by atoms with Gasteiger partial charge in [0.05, 0.1) is 29.5 Å². The number of carbonyl (C=O) groups excluding carboxylic acids is 2. The fourth-order valence-electron chi connectivity index (χ4n) is 5.84. The second kappa shape index (κ2) is 10.4. The molecule has 0 saturated heterocycles. The van der Waals surface area contributed by atoms with E-state index in [4.69, 9.17) is 4.74 Å². The molecule has 220 valence electrons. The van der Waals surface area contributed by atoms with Gasteiger partial charge in [-0.1, -0.05) is 30.3 Å². The molecule has 6 rings (SSSR count). The van der Waals surface area contributed by atoms with Gasteiger partial charge in [0.25, 0.3) is 5.91 Å². The summed E-state index contributed by atoms with van der Waals surface area (Å²) in [6.45, 7) is 9.12. The van der Waals surface area contributed by atoms with E-state index in [1.165, 1.54) is 4.68 Å². The Balaban J connectivity index is 1.23. The number of benzene rings is 2. The minimum atomic E-state index is -1.39. The van der Waals surface area contributed by atoms with Crippen molar-refractivity contribution in [1.82, 2.24) is 24.5 Å². The Morgan fingerprint density at radius 3 is 2.43 bits per heavy atom. The van der Waals surface area contributed by atoms with E-state index in [0.29, 0.717) is 30.5 Å². The maximum Gasteiger partial charge on any atom is 0.435 e. The monoisotopic (exact) mass is 571 g/mol. The third-order valence-electron chi connectivity index (χ3n) is 8.09. The van der Waals surface area contributed by atoms with E-state index < -0.39 is 17.4 Å². The first-order valence-corrected chi connectivity index (χ1v) is 14.7. The van der Waals surface area contributed by atoms with E-state index >= 15 is 0 Å². The quantitative estimate of drug-likeness (QED) is 0.266. The van der Waals surface area contributed by atoms with Crippen molar-refractivity contribution < 1.29 is 18.7 Å². The smallest absolute Gasteiger partial charge is 0.435 e. The van der Waals surface area contributed by atoms with Crippen LogP contribution in [-0.2, 0) is 29.8 Å². The van der Waals surface area contributed by atoms with Crippen molar-refractivity contribution in [1.29, 1.82) is 0 Å². The van der Waals surface area contributed by atoms with Crippen LogP contribution in [0.25, 0.3) is 10.9 Å². The molecule has 1 fully saturated rings. The van der Waals surface area contributed by atoms with Gasteiger partial charge < -0.3 is 9.64 Å². The highest BCUT2D eigenvalue weighted by atomic mass is 19.1. The Hall–Kier alpha value is -4.01. The van der Waals surface area contributed by atoms with Crippen LogP contribution in [0.1, 0.15) is 86.6 Å². The molecule has 1 amide bonds. The minimum absolute atomic E-state index is 0.0187. The summed E-state index contributed by atoms with van der Waals surface area (Å²) in [6.07, 6.45) is 7.18. The van der Waals surface area contributed by atoms with E-state index in [-0.39, 0.29) is 18.0 Å². The zero-order chi connectivity index (χ0) is 29.8. The standard InChI is InChI=1S/C33H38FN5O3/c1-32(2,3)42-31(41)38-20-22-17-25(15-16-28(22)36-38)39(24-13-14-24)30(40)26-7-6-8-29-27(26)18-35-37(29)19-21-9-11-23(12-10-21)33(4,5)34/h6-12,18,20,24-25H,13-17,19H2,1-5H3. The van der Waals surface area contributed by atoms with Crippen LogP contribution in [0.4, 0.5) is 9.18 Å². The minimum Gasteiger partial charge on any atom is -0.442 e. The summed E-state index contributed by atoms with van der Waals surface area (Å²) in [5.41, 5.74) is 3.07. The number of hydrogen-bond acceptors (Lipinski definition) is 5. The van der Waals surface area contributed by atoms with Crippen molar-refractivity contribution in [3.8, 4) is 0 Å². The number of carbonyl (C=O) groups is 2. The summed E-state index contributed by atoms with van der Waals surface area (Å²) in [7, 11) is 0. The van der Waals surface area contributed by atoms with E-state index in [9.17, 15) is 14.0 Å². The van der Waals surface area contributed by atoms with Crippen molar-refractivity contribution in [3.63, 3.8) is 0 Å². The zero-order valence-electron chi connectivity index (χ0n) is 24.9. The number of nitrogens with zero attached hydrogens (tertiary/aromatic N) is 5. The Bertz CT molecular complexity index is 1640. The van der Waals surface area contributed by atoms with Crippen LogP contribution in [0.5, 0.6) is 0 Å². The molecular weight excluding hydrogens is 533 g/mol. The molecule has 0 N–H and O–H groups in total. The van der Waals surface area contributed by atoms with E-state index in [2.05, 4.69) is 15.1 Å². The van der Waals surface area contributed by atoms with Crippen LogP contribution in [0.3, 0.4) is 0 Å². The Kier molecular flexibility index (Phi) is 6.94. The average molecular weight is 572 g/mol. The maximum absolute atomic E-state index is 14.3. The van der Waals surface area contributed by atoms with Crippen LogP contribution in [-0.4, -0.2) is 54.1 Å². The number of alkyl halides is 1. The molecule has 1 unspecified atom stereocenters. The third-order valence-corrected chi connectivity index (χ3v) is 8.09. The van der Waals surface area contributed by atoms with Gasteiger partial charge in [0.2, 0.25) is 0 Å². The Labute approximate surface area is 245 Å². The first kappa shape index (κ1) is 28.1. The molecule has 2 heterocycles. The van der Waals surface area contributed by atoms with Crippen molar-refractivity contribution >= 4 is 22.9 Å². The van der Waals surface area contributed by atoms with E-state index in [0.717, 1.165) is 47.0 Å². The number of amides is 1. The van der Waals surface area contributed by atoms with Crippen molar-refractivity contribution in [2.24, 2.45) is 0 Å². The van der Waals surface area contributed by atoms with Gasteiger partial charge in [-0.15, -0.1) is 0 Å². The normalized spacial score (nSPS) is 17.2. The number of aromatic nitrogens is 4. The highest BCUT2D eigenvalue weighted by Gasteiger charge is 2.40. The van der Waals surface area contributed by atoms with E-state index in [1.54, 1.807) is 26.2 Å². The van der Waals surface area contributed by atoms with Gasteiger partial charge in [-0.3, -0.25) is 9.48 Å². The van der Waals surface area contributed by atoms with Crippen LogP contribution in [0.15, 0.2) is 54.9 Å². The molecule has 8 nitrogen and oxygen atoms in total. The second-order valence-corrected chi connectivity index (χ2v) is 13.1. The summed E-state index contributed by atoms with van der Waals surface area (Å²) >= 11 is 0. The van der Waals surface area contributed by atoms with Crippen LogP contribution >= 0.6 is 0 Å². The summed E-state index contributed by atoms with van der Waals surface area (Å²) < 4.78 is 23.0. The van der Waals surface area contributed by atoms with Gasteiger partial charge >= 0.3 is 6.09 Å². The third kappa shape index (κ3) is 5.69. The van der Waals surface area contributed by atoms with Gasteiger partial charge in [0.15, 0.2) is 0 Å². The lowest BCUT2D eigenvalue weighted by atomic mass is 9.91. The molecule has 2 aliphatic rings. The molecule has 0 bridgehead atoms. The predicted molar refractivity (Wildman–Crippen MR) is 158 cm³/mol. The van der Waals surface area contributed by atoms with Crippen molar-refractivity contribution in [2.75, 3.05) is 0 Å². The molecule has 42 heavy (non-hydrogen) atoms. The summed E-state index contributed by atoms with van der Waals surface area (Å²) in [5, 5.41) is 9.95. The van der Waals surface area contributed by atoms with Gasteiger partial charge in [0, 0.05) is 23.7 Å². The zero-order valence-corrected chi connectivity index (χ0v) is 24.9. The summed E-state index contributed by atoms with van der Waals surface area (Å²) in [6, 6.07) is 13.5. The number of hydrogen-bond donors (Lipinski definition) is 0. The Morgan fingerprint density at radius 2 is 1.76 bits per heavy atom. The van der Waals surface area contributed by atoms with Crippen molar-refractivity contribution in [2.45, 2.75) is 96.6 Å². The molecule has 1 atom stereocenters. The van der Waals surface area contributed by atoms with Gasteiger partial charge in [0.1, 0.15) is 11.3 Å². The fraction of sp³-hybridized carbons (Fsp3) is 0.455. The highest BCUT2D eigenvalue weighted by Crippen LogP contribution is 2.36. The first-order chi connectivity index (χ1) is 19.9. The lowest BCUT2D eigenvalue weighted by Gasteiger charge is -2.34. The fourth-order valence-corrected chi connectivity index (χ4v) is 5.84. The number of halogens is 1. The van der Waals surface area contributed by atoms with E-state index in [1.807, 2.05) is 67.9 Å². The molecule has 0 aliphatic heterocycles. The molecule has 1 saturated carbocycles. The Morgan fingerprint density at radius 1 is 1.02 bits per heavy atom. The predicted octanol–water partition coefficient (Wildman–Crippen LogP) is 6.43. The van der Waals surface area contributed by atoms with Crippen LogP contribution in [0, 0.1) is 0 Å². The molecule has 4 aromatic rings. The molecule has 2 aromatic carbocycles. The molecule has 2 aliphatic carbocycles. The maximum atomic E-state index is 14.3. The molecule has 0 spiro atoms. The second-order valence-electron chi connectivity index (χ2n) is 13.1. The van der Waals surface area contributed by atoms with Gasteiger partial charge in [-0.2, -0.15) is 14.9 Å². The molecular formula is C33H38FN5O3. The largest absolute Gasteiger partial charge is 0.442 e. The van der Waals surface area contributed by atoms with Gasteiger partial charge in [-0.25, -0.2) is 9.18 Å². The molecule has 0 radical (unpaired) electrons. The number of rotatable bonds is 6. The lowest BCUT2D eigenvalue weighted by molar-refractivity contribution is 0.0513. The topological polar surface area (TPSA) is 82.2 Å². The summed E-state index contributed by atoms with van der Waals surface area (Å²) in [5.74, 6) is 0.0187. The number of fused-ring (bicyclic) bond motifs is 2. The first-order valence-electron chi connectivity index (χ1n) is 14.7. The average Bonchev–Trinajstić information content (AvgIpc) is 3.52.